The van der Waals surface area contributed by atoms with Crippen molar-refractivity contribution in [1.82, 2.24) is 9.66 Å². The van der Waals surface area contributed by atoms with Crippen molar-refractivity contribution >= 4 is 63.8 Å². The number of anilines is 5. The molecular weight excluding hydrogens is 790 g/mol. The first-order valence-electron chi connectivity index (χ1n) is 21.4. The van der Waals surface area contributed by atoms with Gasteiger partial charge in [-0.05, 0) is 104 Å². The highest BCUT2D eigenvalue weighted by atomic mass is 35.5. The van der Waals surface area contributed by atoms with Crippen molar-refractivity contribution in [1.29, 1.82) is 0 Å². The average molecular weight is 855 g/mol. The van der Waals surface area contributed by atoms with E-state index in [2.05, 4.69) is 93.4 Å². The number of carbonyl (C=O) groups excluding carboxylic acids is 4. The third-order valence-corrected chi connectivity index (χ3v) is 12.6. The van der Waals surface area contributed by atoms with Gasteiger partial charge in [-0.3, -0.25) is 24.5 Å². The van der Waals surface area contributed by atoms with Crippen molar-refractivity contribution in [3.63, 3.8) is 0 Å². The molecule has 2 unspecified atom stereocenters. The number of Topliss-reactive ketones (excluding diaryl/α,β-unsaturated/α-hetero) is 1. The van der Waals surface area contributed by atoms with E-state index in [0.29, 0.717) is 23.5 Å². The van der Waals surface area contributed by atoms with Crippen molar-refractivity contribution in [2.45, 2.75) is 132 Å². The van der Waals surface area contributed by atoms with Crippen molar-refractivity contribution < 1.29 is 23.9 Å². The van der Waals surface area contributed by atoms with Gasteiger partial charge in [0.15, 0.2) is 11.9 Å². The van der Waals surface area contributed by atoms with Crippen LogP contribution in [0.25, 0.3) is 0 Å². The lowest BCUT2D eigenvalue weighted by Crippen LogP contribution is -2.74. The second-order valence-electron chi connectivity index (χ2n) is 18.1. The van der Waals surface area contributed by atoms with E-state index in [1.54, 1.807) is 33.0 Å². The number of nitrogens with zero attached hydrogens (tertiary/aromatic N) is 4. The summed E-state index contributed by atoms with van der Waals surface area (Å²) in [4.78, 5) is 65.1. The van der Waals surface area contributed by atoms with Gasteiger partial charge in [0, 0.05) is 47.8 Å². The minimum atomic E-state index is -2.48. The summed E-state index contributed by atoms with van der Waals surface area (Å²) < 4.78 is 8.02. The van der Waals surface area contributed by atoms with Gasteiger partial charge in [0.1, 0.15) is 5.75 Å². The van der Waals surface area contributed by atoms with Gasteiger partial charge in [0.25, 0.3) is 23.3 Å². The van der Waals surface area contributed by atoms with Crippen LogP contribution in [0.5, 0.6) is 5.75 Å². The Labute approximate surface area is 366 Å². The lowest BCUT2D eigenvalue weighted by molar-refractivity contribution is -0.145. The van der Waals surface area contributed by atoms with Gasteiger partial charge >= 0.3 is 0 Å². The number of aryl methyl sites for hydroxylation is 1. The number of rotatable bonds is 16. The Hall–Kier alpha value is -5.36. The molecular formula is C48H64ClN7O5. The van der Waals surface area contributed by atoms with Gasteiger partial charge in [-0.1, -0.05) is 93.0 Å². The minimum Gasteiger partial charge on any atom is -0.480 e. The first-order chi connectivity index (χ1) is 28.6. The molecule has 0 bridgehead atoms. The SMILES string of the molecule is CCC(Oc1ccc(C(C)(C)CC)cc1C(C)(C)CC)C(=O)Nc1ccc(Cl)c(NC(=O)C2(C(=O)C(C)(C)C)C(=O)Nc3nccn3N2c2ccc(N(CC)CC)cc2C)c1. The number of aromatic nitrogens is 2. The normalized spacial score (nSPS) is 16.0. The van der Waals surface area contributed by atoms with E-state index in [4.69, 9.17) is 16.3 Å². The van der Waals surface area contributed by atoms with Crippen LogP contribution in [0.15, 0.2) is 67.0 Å². The predicted octanol–water partition coefficient (Wildman–Crippen LogP) is 10.1. The summed E-state index contributed by atoms with van der Waals surface area (Å²) >= 11 is 6.74. The predicted molar refractivity (Wildman–Crippen MR) is 247 cm³/mol. The number of ketones is 1. The molecule has 0 radical (unpaired) electrons. The molecule has 12 nitrogen and oxygen atoms in total. The van der Waals surface area contributed by atoms with Crippen LogP contribution in [0.1, 0.15) is 119 Å². The van der Waals surface area contributed by atoms with E-state index in [1.165, 1.54) is 33.6 Å². The highest BCUT2D eigenvalue weighted by Crippen LogP contribution is 2.42. The number of halogens is 1. The smallest absolute Gasteiger partial charge is 0.276 e. The summed E-state index contributed by atoms with van der Waals surface area (Å²) in [6.45, 7) is 27.5. The number of hydrogen-bond donors (Lipinski definition) is 3. The number of amides is 3. The van der Waals surface area contributed by atoms with Gasteiger partial charge < -0.3 is 20.3 Å². The Morgan fingerprint density at radius 2 is 1.56 bits per heavy atom. The first kappa shape index (κ1) is 46.7. The van der Waals surface area contributed by atoms with E-state index in [-0.39, 0.29) is 27.5 Å². The number of benzene rings is 3. The standard InChI is InChI=1S/C48H64ClN7O5/c1-14-38(61-39-24-19-31(46(10,11)15-2)28-34(39)47(12,13)16-3)40(57)51-32-20-22-35(49)36(29-32)52-42(59)48(41(58)45(7,8)9)43(60)53-44-50-25-26-55(44)56(48)37-23-21-33(27-30(37)6)54(17-4)18-5/h19-29,38H,14-18H2,1-13H3,(H,51,57)(H,52,59)(H,50,53,60). The first-order valence-corrected chi connectivity index (χ1v) is 21.8. The molecule has 0 saturated heterocycles. The maximum atomic E-state index is 15.1. The third-order valence-electron chi connectivity index (χ3n) is 12.3. The number of nitrogens with one attached hydrogen (secondary N) is 3. The van der Waals surface area contributed by atoms with E-state index in [1.807, 2.05) is 38.1 Å². The highest BCUT2D eigenvalue weighted by molar-refractivity contribution is 6.39. The Balaban J connectivity index is 1.53. The third kappa shape index (κ3) is 9.01. The van der Waals surface area contributed by atoms with Crippen LogP contribution in [0.4, 0.5) is 28.7 Å². The largest absolute Gasteiger partial charge is 0.480 e. The number of fused-ring (bicyclic) bond motifs is 1. The summed E-state index contributed by atoms with van der Waals surface area (Å²) in [7, 11) is 0. The molecule has 3 N–H and O–H groups in total. The van der Waals surface area contributed by atoms with Gasteiger partial charge in [-0.25, -0.2) is 14.7 Å². The van der Waals surface area contributed by atoms with E-state index >= 15 is 4.79 Å². The van der Waals surface area contributed by atoms with Crippen molar-refractivity contribution in [3.8, 4) is 5.75 Å². The number of hydrogen-bond acceptors (Lipinski definition) is 8. The zero-order chi connectivity index (χ0) is 45.2. The molecule has 0 spiro atoms. The van der Waals surface area contributed by atoms with Crippen LogP contribution < -0.4 is 30.6 Å². The number of imidazole rings is 1. The zero-order valence-corrected chi connectivity index (χ0v) is 38.9. The summed E-state index contributed by atoms with van der Waals surface area (Å²) in [6, 6.07) is 16.6. The summed E-state index contributed by atoms with van der Waals surface area (Å²) in [5.74, 6) is -2.09. The van der Waals surface area contributed by atoms with Crippen LogP contribution in [-0.2, 0) is 30.0 Å². The van der Waals surface area contributed by atoms with Crippen molar-refractivity contribution in [2.75, 3.05) is 38.9 Å². The second-order valence-corrected chi connectivity index (χ2v) is 18.5. The van der Waals surface area contributed by atoms with E-state index in [9.17, 15) is 14.4 Å². The molecule has 61 heavy (non-hydrogen) atoms. The molecule has 0 saturated carbocycles. The quantitative estimate of drug-likeness (QED) is 0.0948. The Kier molecular flexibility index (Phi) is 13.7. The van der Waals surface area contributed by atoms with Crippen molar-refractivity contribution in [3.05, 3.63) is 88.7 Å². The van der Waals surface area contributed by atoms with Gasteiger partial charge in [-0.15, -0.1) is 0 Å². The fourth-order valence-electron chi connectivity index (χ4n) is 7.59. The van der Waals surface area contributed by atoms with Crippen LogP contribution in [-0.4, -0.2) is 57.9 Å². The Morgan fingerprint density at radius 1 is 0.885 bits per heavy atom. The molecule has 1 aliphatic rings. The van der Waals surface area contributed by atoms with Crippen molar-refractivity contribution in [2.24, 2.45) is 5.41 Å². The molecule has 0 fully saturated rings. The summed E-state index contributed by atoms with van der Waals surface area (Å²) in [5, 5.41) is 10.0. The molecule has 2 atom stereocenters. The van der Waals surface area contributed by atoms with Gasteiger partial charge in [-0.2, -0.15) is 0 Å². The monoisotopic (exact) mass is 853 g/mol. The van der Waals surface area contributed by atoms with Crippen LogP contribution in [0.3, 0.4) is 0 Å². The molecule has 3 amide bonds. The van der Waals surface area contributed by atoms with Gasteiger partial charge in [0.2, 0.25) is 5.95 Å². The topological polar surface area (TPSA) is 138 Å². The molecule has 1 aliphatic heterocycles. The average Bonchev–Trinajstić information content (AvgIpc) is 3.68. The van der Waals surface area contributed by atoms with Gasteiger partial charge in [0.05, 0.1) is 16.4 Å². The molecule has 2 heterocycles. The van der Waals surface area contributed by atoms with Crippen LogP contribution >= 0.6 is 11.6 Å². The lowest BCUT2D eigenvalue weighted by Gasteiger charge is -2.47. The second kappa shape index (κ2) is 17.9. The molecule has 328 valence electrons. The minimum absolute atomic E-state index is 0.0305. The Morgan fingerprint density at radius 3 is 2.15 bits per heavy atom. The van der Waals surface area contributed by atoms with Crippen LogP contribution in [0.2, 0.25) is 5.02 Å². The van der Waals surface area contributed by atoms with E-state index < -0.39 is 40.6 Å². The number of carbonyl (C=O) groups is 4. The molecule has 1 aromatic heterocycles. The van der Waals surface area contributed by atoms with E-state index in [0.717, 1.165) is 42.7 Å². The number of ether oxygens (including phenoxy) is 1. The Bertz CT molecular complexity index is 2290. The summed E-state index contributed by atoms with van der Waals surface area (Å²) in [6.07, 6.45) is 4.45. The fraction of sp³-hybridized carbons (Fsp3) is 0.479. The molecule has 5 rings (SSSR count). The lowest BCUT2D eigenvalue weighted by atomic mass is 9.75. The highest BCUT2D eigenvalue weighted by Gasteiger charge is 2.63. The fourth-order valence-corrected chi connectivity index (χ4v) is 7.75. The molecule has 13 heteroatoms. The van der Waals surface area contributed by atoms with Crippen LogP contribution in [0, 0.1) is 12.3 Å². The zero-order valence-electron chi connectivity index (χ0n) is 38.2. The molecule has 3 aromatic carbocycles. The summed E-state index contributed by atoms with van der Waals surface area (Å²) in [5.41, 5.74) is 0.861. The molecule has 0 aliphatic carbocycles. The maximum Gasteiger partial charge on any atom is 0.276 e. The maximum absolute atomic E-state index is 15.1. The molecule has 4 aromatic rings.